The van der Waals surface area contributed by atoms with E-state index in [-0.39, 0.29) is 22.9 Å². The Balaban J connectivity index is 1.79. The Bertz CT molecular complexity index is 659. The van der Waals surface area contributed by atoms with Gasteiger partial charge in [-0.3, -0.25) is 4.79 Å². The molecule has 0 radical (unpaired) electrons. The average Bonchev–Trinajstić information content (AvgIpc) is 2.88. The third-order valence-corrected chi connectivity index (χ3v) is 9.02. The van der Waals surface area contributed by atoms with Crippen LogP contribution in [0, 0.1) is 40.4 Å². The first kappa shape index (κ1) is 17.5. The molecule has 0 saturated heterocycles. The van der Waals surface area contributed by atoms with Crippen molar-refractivity contribution < 1.29 is 9.90 Å². The van der Waals surface area contributed by atoms with Gasteiger partial charge in [0.25, 0.3) is 0 Å². The standard InChI is InChI=1S/C23H34O2/c1-13-10-17-19-7-6-18(15(3)24)22(19,4)9-8-20(17)23(5)14(2)11-16(25)12-21(13)23/h10,12,14,16-20,25H,6-9,11H2,1-5H3/t14-,16?,17?,18+,19?,20?,22+,23+/m0/s1. The number of hydrogen-bond acceptors (Lipinski definition) is 2. The molecule has 25 heavy (non-hydrogen) atoms. The van der Waals surface area contributed by atoms with E-state index in [1.165, 1.54) is 30.4 Å². The number of carbonyl (C=O) groups excluding carboxylic acids is 1. The maximum absolute atomic E-state index is 12.3. The summed E-state index contributed by atoms with van der Waals surface area (Å²) in [6, 6.07) is 0. The number of Topliss-reactive ketones (excluding diaryl/α,β-unsaturated/α-hetero) is 1. The highest BCUT2D eigenvalue weighted by molar-refractivity contribution is 5.79. The van der Waals surface area contributed by atoms with Gasteiger partial charge in [-0.2, -0.15) is 0 Å². The number of aliphatic hydroxyl groups excluding tert-OH is 1. The summed E-state index contributed by atoms with van der Waals surface area (Å²) >= 11 is 0. The summed E-state index contributed by atoms with van der Waals surface area (Å²) < 4.78 is 0. The lowest BCUT2D eigenvalue weighted by molar-refractivity contribution is -0.126. The van der Waals surface area contributed by atoms with Crippen LogP contribution >= 0.6 is 0 Å². The van der Waals surface area contributed by atoms with E-state index in [2.05, 4.69) is 39.8 Å². The number of allylic oxidation sites excluding steroid dienone is 3. The van der Waals surface area contributed by atoms with Crippen LogP contribution in [0.15, 0.2) is 23.3 Å². The Morgan fingerprint density at radius 3 is 2.56 bits per heavy atom. The molecule has 0 spiro atoms. The lowest BCUT2D eigenvalue weighted by Crippen LogP contribution is -2.52. The second-order valence-electron chi connectivity index (χ2n) is 9.99. The SMILES string of the molecule is CC(=O)[C@H]1CCC2C3C=C(C)C4=CC(O)C[C@H](C)[C@]4(C)C3CC[C@@]21C. The van der Waals surface area contributed by atoms with Gasteiger partial charge in [0.05, 0.1) is 6.10 Å². The highest BCUT2D eigenvalue weighted by Crippen LogP contribution is 2.67. The van der Waals surface area contributed by atoms with Crippen molar-refractivity contribution in [2.45, 2.75) is 72.8 Å². The summed E-state index contributed by atoms with van der Waals surface area (Å²) in [6.07, 6.45) is 9.96. The highest BCUT2D eigenvalue weighted by atomic mass is 16.3. The maximum Gasteiger partial charge on any atom is 0.133 e. The van der Waals surface area contributed by atoms with Crippen LogP contribution in [-0.2, 0) is 4.79 Å². The Kier molecular flexibility index (Phi) is 3.89. The molecular formula is C23H34O2. The Morgan fingerprint density at radius 2 is 1.88 bits per heavy atom. The van der Waals surface area contributed by atoms with Crippen molar-refractivity contribution in [3.05, 3.63) is 23.3 Å². The van der Waals surface area contributed by atoms with Crippen LogP contribution in [0.3, 0.4) is 0 Å². The predicted octanol–water partition coefficient (Wildman–Crippen LogP) is 4.93. The largest absolute Gasteiger partial charge is 0.389 e. The third-order valence-electron chi connectivity index (χ3n) is 9.02. The van der Waals surface area contributed by atoms with E-state index in [9.17, 15) is 9.90 Å². The lowest BCUT2D eigenvalue weighted by atomic mass is 9.45. The zero-order chi connectivity index (χ0) is 18.1. The lowest BCUT2D eigenvalue weighted by Gasteiger charge is -2.59. The molecule has 138 valence electrons. The Hall–Kier alpha value is -0.890. The molecule has 2 fully saturated rings. The molecule has 8 atom stereocenters. The molecule has 0 aromatic heterocycles. The van der Waals surface area contributed by atoms with Crippen LogP contribution in [0.25, 0.3) is 0 Å². The van der Waals surface area contributed by atoms with E-state index in [0.717, 1.165) is 12.8 Å². The number of hydrogen-bond donors (Lipinski definition) is 1. The molecule has 0 bridgehead atoms. The summed E-state index contributed by atoms with van der Waals surface area (Å²) in [5.41, 5.74) is 3.16. The molecule has 0 aromatic carbocycles. The summed E-state index contributed by atoms with van der Waals surface area (Å²) in [5.74, 6) is 3.08. The van der Waals surface area contributed by atoms with Crippen LogP contribution < -0.4 is 0 Å². The first-order valence-electron chi connectivity index (χ1n) is 10.3. The van der Waals surface area contributed by atoms with Gasteiger partial charge in [-0.1, -0.05) is 38.5 Å². The second kappa shape index (κ2) is 5.55. The monoisotopic (exact) mass is 342 g/mol. The topological polar surface area (TPSA) is 37.3 Å². The minimum absolute atomic E-state index is 0.179. The number of ketones is 1. The van der Waals surface area contributed by atoms with E-state index < -0.39 is 0 Å². The fraction of sp³-hybridized carbons (Fsp3) is 0.783. The van der Waals surface area contributed by atoms with E-state index in [1.807, 2.05) is 0 Å². The van der Waals surface area contributed by atoms with Crippen molar-refractivity contribution >= 4 is 5.78 Å². The van der Waals surface area contributed by atoms with Crippen LogP contribution in [0.4, 0.5) is 0 Å². The van der Waals surface area contributed by atoms with E-state index in [1.54, 1.807) is 6.92 Å². The predicted molar refractivity (Wildman–Crippen MR) is 101 cm³/mol. The number of aliphatic hydroxyl groups is 1. The normalized spacial score (nSPS) is 51.8. The molecule has 1 N–H and O–H groups in total. The van der Waals surface area contributed by atoms with Gasteiger partial charge in [0.1, 0.15) is 5.78 Å². The zero-order valence-corrected chi connectivity index (χ0v) is 16.5. The number of carbonyl (C=O) groups is 1. The molecule has 4 aliphatic rings. The van der Waals surface area contributed by atoms with Crippen LogP contribution in [0.5, 0.6) is 0 Å². The molecule has 0 aliphatic heterocycles. The van der Waals surface area contributed by atoms with Crippen molar-refractivity contribution in [1.82, 2.24) is 0 Å². The van der Waals surface area contributed by atoms with Gasteiger partial charge in [0.15, 0.2) is 0 Å². The Morgan fingerprint density at radius 1 is 1.16 bits per heavy atom. The van der Waals surface area contributed by atoms with Crippen LogP contribution in [-0.4, -0.2) is 17.0 Å². The zero-order valence-electron chi connectivity index (χ0n) is 16.5. The number of fused-ring (bicyclic) bond motifs is 5. The van der Waals surface area contributed by atoms with Gasteiger partial charge in [-0.15, -0.1) is 0 Å². The van der Waals surface area contributed by atoms with Crippen molar-refractivity contribution in [2.24, 2.45) is 40.4 Å². The average molecular weight is 343 g/mol. The molecule has 0 amide bonds. The Labute approximate surface area is 152 Å². The van der Waals surface area contributed by atoms with Gasteiger partial charge in [-0.05, 0) is 86.0 Å². The van der Waals surface area contributed by atoms with Gasteiger partial charge in [-0.25, -0.2) is 0 Å². The summed E-state index contributed by atoms with van der Waals surface area (Å²) in [6.45, 7) is 11.3. The highest BCUT2D eigenvalue weighted by Gasteiger charge is 2.60. The fourth-order valence-corrected chi connectivity index (χ4v) is 7.61. The quantitative estimate of drug-likeness (QED) is 0.734. The minimum atomic E-state index is -0.291. The van der Waals surface area contributed by atoms with Crippen molar-refractivity contribution in [3.63, 3.8) is 0 Å². The van der Waals surface area contributed by atoms with Crippen molar-refractivity contribution in [2.75, 3.05) is 0 Å². The molecular weight excluding hydrogens is 308 g/mol. The van der Waals surface area contributed by atoms with Crippen LogP contribution in [0.1, 0.15) is 66.7 Å². The van der Waals surface area contributed by atoms with Gasteiger partial charge < -0.3 is 5.11 Å². The fourth-order valence-electron chi connectivity index (χ4n) is 7.61. The van der Waals surface area contributed by atoms with Crippen molar-refractivity contribution in [3.8, 4) is 0 Å². The smallest absolute Gasteiger partial charge is 0.133 e. The van der Waals surface area contributed by atoms with Gasteiger partial charge >= 0.3 is 0 Å². The van der Waals surface area contributed by atoms with Crippen LogP contribution in [0.2, 0.25) is 0 Å². The minimum Gasteiger partial charge on any atom is -0.389 e. The molecule has 0 heterocycles. The molecule has 4 aliphatic carbocycles. The van der Waals surface area contributed by atoms with Gasteiger partial charge in [0.2, 0.25) is 0 Å². The summed E-state index contributed by atoms with van der Waals surface area (Å²) in [7, 11) is 0. The first-order chi connectivity index (χ1) is 11.7. The van der Waals surface area contributed by atoms with Crippen molar-refractivity contribution in [1.29, 1.82) is 0 Å². The summed E-state index contributed by atoms with van der Waals surface area (Å²) in [4.78, 5) is 12.3. The molecule has 2 nitrogen and oxygen atoms in total. The van der Waals surface area contributed by atoms with E-state index in [0.29, 0.717) is 29.5 Å². The number of rotatable bonds is 1. The molecule has 2 heteroatoms. The summed E-state index contributed by atoms with van der Waals surface area (Å²) in [5, 5.41) is 10.3. The third kappa shape index (κ3) is 2.22. The first-order valence-corrected chi connectivity index (χ1v) is 10.3. The maximum atomic E-state index is 12.3. The molecule has 2 saturated carbocycles. The van der Waals surface area contributed by atoms with Gasteiger partial charge in [0, 0.05) is 5.92 Å². The second-order valence-corrected chi connectivity index (χ2v) is 9.99. The molecule has 4 rings (SSSR count). The van der Waals surface area contributed by atoms with E-state index >= 15 is 0 Å². The van der Waals surface area contributed by atoms with E-state index in [4.69, 9.17) is 0 Å². The molecule has 0 aromatic rings. The molecule has 4 unspecified atom stereocenters.